The van der Waals surface area contributed by atoms with Gasteiger partial charge in [-0.1, -0.05) is 18.2 Å². The molecule has 8 nitrogen and oxygen atoms in total. The Morgan fingerprint density at radius 1 is 1.11 bits per heavy atom. The van der Waals surface area contributed by atoms with Crippen LogP contribution in [0.15, 0.2) is 53.8 Å². The molecule has 0 radical (unpaired) electrons. The molecule has 4 aromatic heterocycles. The summed E-state index contributed by atoms with van der Waals surface area (Å²) in [5, 5.41) is 12.6. The third kappa shape index (κ3) is 2.23. The predicted octanol–water partition coefficient (Wildman–Crippen LogP) is 3.01. The fraction of sp³-hybridized carbons (Fsp3) is 0.158. The van der Waals surface area contributed by atoms with Gasteiger partial charge in [0.05, 0.1) is 18.1 Å². The first kappa shape index (κ1) is 15.6. The van der Waals surface area contributed by atoms with Gasteiger partial charge < -0.3 is 4.98 Å². The summed E-state index contributed by atoms with van der Waals surface area (Å²) in [6.07, 6.45) is 6.98. The molecule has 0 aliphatic rings. The van der Waals surface area contributed by atoms with Crippen molar-refractivity contribution in [2.24, 2.45) is 0 Å². The third-order valence-corrected chi connectivity index (χ3v) is 4.71. The standard InChI is InChI=1S/C19H17N7O/c1-11(2)25-17(14-9-20-15-6-4-3-5-13(14)15)24-26-16(12-7-22-23-8-12)10-21-18(26)19(25)27/h3-11,20H,1-2H3,(H,22,23). The summed E-state index contributed by atoms with van der Waals surface area (Å²) in [5.41, 5.74) is 3.54. The molecule has 27 heavy (non-hydrogen) atoms. The first-order chi connectivity index (χ1) is 13.1. The highest BCUT2D eigenvalue weighted by molar-refractivity contribution is 5.93. The van der Waals surface area contributed by atoms with Crippen molar-refractivity contribution < 1.29 is 0 Å². The van der Waals surface area contributed by atoms with E-state index in [0.717, 1.165) is 22.0 Å². The number of H-pyrrole nitrogens is 2. The van der Waals surface area contributed by atoms with Gasteiger partial charge in [-0.05, 0) is 19.9 Å². The maximum atomic E-state index is 13.2. The SMILES string of the molecule is CC(C)n1c(-c2c[nH]c3ccccc23)nn2c(-c3cn[nH]c3)cnc2c1=O. The van der Waals surface area contributed by atoms with E-state index in [0.29, 0.717) is 17.2 Å². The Kier molecular flexibility index (Phi) is 3.27. The van der Waals surface area contributed by atoms with Crippen LogP contribution < -0.4 is 5.56 Å². The Morgan fingerprint density at radius 3 is 2.74 bits per heavy atom. The van der Waals surface area contributed by atoms with Crippen LogP contribution >= 0.6 is 0 Å². The van der Waals surface area contributed by atoms with Gasteiger partial charge in [0.1, 0.15) is 0 Å². The van der Waals surface area contributed by atoms with E-state index < -0.39 is 0 Å². The molecule has 0 aliphatic carbocycles. The molecule has 5 rings (SSSR count). The topological polar surface area (TPSA) is 96.7 Å². The van der Waals surface area contributed by atoms with Crippen molar-refractivity contribution >= 4 is 16.6 Å². The molecule has 0 saturated heterocycles. The minimum atomic E-state index is -0.171. The zero-order valence-electron chi connectivity index (χ0n) is 14.8. The van der Waals surface area contributed by atoms with Crippen LogP contribution in [0.4, 0.5) is 0 Å². The van der Waals surface area contributed by atoms with Gasteiger partial charge in [0.2, 0.25) is 5.65 Å². The van der Waals surface area contributed by atoms with Crippen molar-refractivity contribution in [3.63, 3.8) is 0 Å². The van der Waals surface area contributed by atoms with Gasteiger partial charge in [-0.3, -0.25) is 14.5 Å². The van der Waals surface area contributed by atoms with Gasteiger partial charge in [-0.2, -0.15) is 5.10 Å². The Balaban J connectivity index is 1.89. The summed E-state index contributed by atoms with van der Waals surface area (Å²) in [5.74, 6) is 0.600. The summed E-state index contributed by atoms with van der Waals surface area (Å²) in [7, 11) is 0. The van der Waals surface area contributed by atoms with Crippen molar-refractivity contribution in [2.75, 3.05) is 0 Å². The van der Waals surface area contributed by atoms with E-state index in [1.165, 1.54) is 0 Å². The number of fused-ring (bicyclic) bond motifs is 2. The normalized spacial score (nSPS) is 11.8. The van der Waals surface area contributed by atoms with Crippen LogP contribution in [0.25, 0.3) is 39.2 Å². The minimum absolute atomic E-state index is 0.0623. The molecule has 134 valence electrons. The highest BCUT2D eigenvalue weighted by Gasteiger charge is 2.21. The van der Waals surface area contributed by atoms with E-state index in [9.17, 15) is 4.79 Å². The van der Waals surface area contributed by atoms with E-state index in [1.807, 2.05) is 44.3 Å². The molecule has 0 spiro atoms. The Labute approximate surface area is 153 Å². The second-order valence-corrected chi connectivity index (χ2v) is 6.71. The van der Waals surface area contributed by atoms with E-state index in [2.05, 4.69) is 20.2 Å². The van der Waals surface area contributed by atoms with E-state index >= 15 is 0 Å². The van der Waals surface area contributed by atoms with Crippen molar-refractivity contribution in [3.8, 4) is 22.6 Å². The van der Waals surface area contributed by atoms with Crippen molar-refractivity contribution in [3.05, 3.63) is 59.4 Å². The van der Waals surface area contributed by atoms with Gasteiger partial charge in [0, 0.05) is 40.5 Å². The van der Waals surface area contributed by atoms with Crippen LogP contribution in [-0.2, 0) is 0 Å². The molecular formula is C19H17N7O. The Bertz CT molecular complexity index is 1320. The molecule has 0 amide bonds. The molecule has 5 aromatic rings. The number of nitrogens with zero attached hydrogens (tertiary/aromatic N) is 5. The van der Waals surface area contributed by atoms with E-state index in [4.69, 9.17) is 5.10 Å². The maximum Gasteiger partial charge on any atom is 0.297 e. The third-order valence-electron chi connectivity index (χ3n) is 4.71. The lowest BCUT2D eigenvalue weighted by atomic mass is 10.1. The van der Waals surface area contributed by atoms with Crippen LogP contribution in [0, 0.1) is 0 Å². The summed E-state index contributed by atoms with van der Waals surface area (Å²) < 4.78 is 3.29. The van der Waals surface area contributed by atoms with Crippen LogP contribution in [0.1, 0.15) is 19.9 Å². The average Bonchev–Trinajstić information content (AvgIpc) is 3.39. The summed E-state index contributed by atoms with van der Waals surface area (Å²) in [6.45, 7) is 3.94. The lowest BCUT2D eigenvalue weighted by Crippen LogP contribution is -2.27. The highest BCUT2D eigenvalue weighted by atomic mass is 16.1. The van der Waals surface area contributed by atoms with Crippen LogP contribution in [0.5, 0.6) is 0 Å². The highest BCUT2D eigenvalue weighted by Crippen LogP contribution is 2.28. The Hall–Kier alpha value is -3.68. The monoisotopic (exact) mass is 359 g/mol. The average molecular weight is 359 g/mol. The summed E-state index contributed by atoms with van der Waals surface area (Å²) >= 11 is 0. The molecule has 2 N–H and O–H groups in total. The first-order valence-electron chi connectivity index (χ1n) is 8.71. The number of nitrogens with one attached hydrogen (secondary N) is 2. The Morgan fingerprint density at radius 2 is 1.96 bits per heavy atom. The van der Waals surface area contributed by atoms with Gasteiger partial charge >= 0.3 is 0 Å². The molecule has 0 atom stereocenters. The zero-order chi connectivity index (χ0) is 18.5. The van der Waals surface area contributed by atoms with Crippen LogP contribution in [0.3, 0.4) is 0 Å². The van der Waals surface area contributed by atoms with E-state index in [1.54, 1.807) is 27.7 Å². The number of imidazole rings is 1. The fourth-order valence-corrected chi connectivity index (χ4v) is 3.45. The molecule has 8 heteroatoms. The van der Waals surface area contributed by atoms with Gasteiger partial charge in [0.25, 0.3) is 5.56 Å². The quantitative estimate of drug-likeness (QED) is 0.517. The fourth-order valence-electron chi connectivity index (χ4n) is 3.45. The number of para-hydroxylation sites is 1. The second-order valence-electron chi connectivity index (χ2n) is 6.71. The molecule has 4 heterocycles. The number of hydrogen-bond donors (Lipinski definition) is 2. The van der Waals surface area contributed by atoms with Gasteiger partial charge in [0.15, 0.2) is 5.82 Å². The van der Waals surface area contributed by atoms with E-state index in [-0.39, 0.29) is 11.6 Å². The summed E-state index contributed by atoms with van der Waals surface area (Å²) in [6, 6.07) is 7.91. The lowest BCUT2D eigenvalue weighted by molar-refractivity contribution is 0.567. The smallest absolute Gasteiger partial charge is 0.297 e. The first-order valence-corrected chi connectivity index (χ1v) is 8.71. The predicted molar refractivity (Wildman–Crippen MR) is 103 cm³/mol. The molecular weight excluding hydrogens is 342 g/mol. The van der Waals surface area contributed by atoms with Crippen molar-refractivity contribution in [1.29, 1.82) is 0 Å². The molecule has 1 aromatic carbocycles. The lowest BCUT2D eigenvalue weighted by Gasteiger charge is -2.15. The number of hydrogen-bond acceptors (Lipinski definition) is 4. The number of benzene rings is 1. The minimum Gasteiger partial charge on any atom is -0.360 e. The van der Waals surface area contributed by atoms with Gasteiger partial charge in [-0.15, -0.1) is 5.10 Å². The largest absolute Gasteiger partial charge is 0.360 e. The van der Waals surface area contributed by atoms with Crippen LogP contribution in [-0.4, -0.2) is 34.3 Å². The second kappa shape index (κ2) is 5.66. The molecule has 0 saturated carbocycles. The van der Waals surface area contributed by atoms with Crippen LogP contribution in [0.2, 0.25) is 0 Å². The number of aromatic nitrogens is 7. The summed E-state index contributed by atoms with van der Waals surface area (Å²) in [4.78, 5) is 20.8. The number of rotatable bonds is 3. The maximum absolute atomic E-state index is 13.2. The molecule has 0 fully saturated rings. The van der Waals surface area contributed by atoms with Crippen molar-refractivity contribution in [1.82, 2.24) is 34.3 Å². The van der Waals surface area contributed by atoms with Gasteiger partial charge in [-0.25, -0.2) is 9.50 Å². The van der Waals surface area contributed by atoms with Crippen molar-refractivity contribution in [2.45, 2.75) is 19.9 Å². The molecule has 0 bridgehead atoms. The molecule has 0 aliphatic heterocycles. The number of aromatic amines is 2. The molecule has 0 unspecified atom stereocenters. The zero-order valence-corrected chi connectivity index (χ0v) is 14.8.